The first-order chi connectivity index (χ1) is 8.22. The van der Waals surface area contributed by atoms with Crippen molar-refractivity contribution in [3.8, 4) is 0 Å². The van der Waals surface area contributed by atoms with E-state index >= 15 is 0 Å². The molecule has 1 saturated heterocycles. The average molecular weight is 233 g/mol. The van der Waals surface area contributed by atoms with E-state index in [1.807, 2.05) is 30.3 Å². The first kappa shape index (κ1) is 11.6. The maximum atomic E-state index is 11.7. The van der Waals surface area contributed by atoms with Crippen LogP contribution < -0.4 is 11.1 Å². The van der Waals surface area contributed by atoms with Crippen LogP contribution in [0, 0.1) is 0 Å². The van der Waals surface area contributed by atoms with Crippen molar-refractivity contribution in [3.05, 3.63) is 35.9 Å². The lowest BCUT2D eigenvalue weighted by Gasteiger charge is -2.20. The van der Waals surface area contributed by atoms with Crippen LogP contribution in [0.2, 0.25) is 0 Å². The van der Waals surface area contributed by atoms with Gasteiger partial charge in [-0.2, -0.15) is 0 Å². The van der Waals surface area contributed by atoms with E-state index in [2.05, 4.69) is 5.32 Å². The Labute approximate surface area is 99.6 Å². The van der Waals surface area contributed by atoms with Crippen molar-refractivity contribution in [2.45, 2.75) is 12.5 Å². The zero-order valence-electron chi connectivity index (χ0n) is 9.43. The third-order valence-corrected chi connectivity index (χ3v) is 2.81. The van der Waals surface area contributed by atoms with Crippen LogP contribution in [-0.2, 0) is 11.2 Å². The molecule has 0 saturated carbocycles. The minimum absolute atomic E-state index is 0.243. The zero-order valence-corrected chi connectivity index (χ0v) is 9.43. The highest BCUT2D eigenvalue weighted by Gasteiger charge is 2.37. The molecule has 0 bridgehead atoms. The summed E-state index contributed by atoms with van der Waals surface area (Å²) in [7, 11) is 0. The number of amides is 3. The van der Waals surface area contributed by atoms with Crippen LogP contribution in [0.25, 0.3) is 0 Å². The first-order valence-electron chi connectivity index (χ1n) is 5.58. The number of nitrogens with one attached hydrogen (secondary N) is 1. The van der Waals surface area contributed by atoms with Crippen LogP contribution in [-0.4, -0.2) is 36.0 Å². The summed E-state index contributed by atoms with van der Waals surface area (Å²) in [4.78, 5) is 24.7. The molecule has 0 aliphatic carbocycles. The highest BCUT2D eigenvalue weighted by molar-refractivity contribution is 6.04. The fourth-order valence-corrected chi connectivity index (χ4v) is 1.98. The Morgan fingerprint density at radius 2 is 1.94 bits per heavy atom. The summed E-state index contributed by atoms with van der Waals surface area (Å²) in [6, 6.07) is 8.85. The SMILES string of the molecule is NCCN1C(=O)NC(=O)C1Cc1ccccc1. The maximum Gasteiger partial charge on any atom is 0.324 e. The minimum atomic E-state index is -0.437. The number of carbonyl (C=O) groups excluding carboxylic acids is 2. The third-order valence-electron chi connectivity index (χ3n) is 2.81. The Balaban J connectivity index is 2.12. The van der Waals surface area contributed by atoms with Gasteiger partial charge in [0, 0.05) is 19.5 Å². The second kappa shape index (κ2) is 4.97. The van der Waals surface area contributed by atoms with E-state index in [-0.39, 0.29) is 11.9 Å². The number of hydrogen-bond acceptors (Lipinski definition) is 3. The zero-order chi connectivity index (χ0) is 12.3. The highest BCUT2D eigenvalue weighted by atomic mass is 16.2. The number of urea groups is 1. The lowest BCUT2D eigenvalue weighted by Crippen LogP contribution is -2.39. The van der Waals surface area contributed by atoms with Gasteiger partial charge in [-0.05, 0) is 5.56 Å². The van der Waals surface area contributed by atoms with Crippen molar-refractivity contribution in [2.24, 2.45) is 5.73 Å². The Morgan fingerprint density at radius 3 is 2.59 bits per heavy atom. The largest absolute Gasteiger partial charge is 0.329 e. The number of carbonyl (C=O) groups is 2. The monoisotopic (exact) mass is 233 g/mol. The second-order valence-corrected chi connectivity index (χ2v) is 3.98. The van der Waals surface area contributed by atoms with Crippen LogP contribution in [0.1, 0.15) is 5.56 Å². The summed E-state index contributed by atoms with van der Waals surface area (Å²) in [5.74, 6) is -0.243. The molecular weight excluding hydrogens is 218 g/mol. The molecule has 1 aromatic carbocycles. The Morgan fingerprint density at radius 1 is 1.24 bits per heavy atom. The number of rotatable bonds is 4. The summed E-state index contributed by atoms with van der Waals surface area (Å²) < 4.78 is 0. The van der Waals surface area contributed by atoms with Gasteiger partial charge in [-0.1, -0.05) is 30.3 Å². The van der Waals surface area contributed by atoms with E-state index in [0.29, 0.717) is 19.5 Å². The summed E-state index contributed by atoms with van der Waals surface area (Å²) in [5, 5.41) is 2.31. The predicted molar refractivity (Wildman–Crippen MR) is 63.2 cm³/mol. The number of hydrogen-bond donors (Lipinski definition) is 2. The molecule has 2 rings (SSSR count). The standard InChI is InChI=1S/C12H15N3O2/c13-6-7-15-10(11(16)14-12(15)17)8-9-4-2-1-3-5-9/h1-5,10H,6-8,13H2,(H,14,16,17). The molecule has 3 N–H and O–H groups in total. The molecule has 1 aliphatic heterocycles. The summed E-state index contributed by atoms with van der Waals surface area (Å²) in [6.45, 7) is 0.751. The molecule has 0 radical (unpaired) electrons. The molecule has 1 unspecified atom stereocenters. The quantitative estimate of drug-likeness (QED) is 0.725. The van der Waals surface area contributed by atoms with Gasteiger partial charge in [-0.15, -0.1) is 0 Å². The van der Waals surface area contributed by atoms with Crippen molar-refractivity contribution < 1.29 is 9.59 Å². The van der Waals surface area contributed by atoms with Crippen LogP contribution in [0.15, 0.2) is 30.3 Å². The van der Waals surface area contributed by atoms with Gasteiger partial charge in [0.25, 0.3) is 5.91 Å². The van der Waals surface area contributed by atoms with Gasteiger partial charge in [0.05, 0.1) is 0 Å². The molecule has 1 heterocycles. The first-order valence-corrected chi connectivity index (χ1v) is 5.58. The minimum Gasteiger partial charge on any atom is -0.329 e. The normalized spacial score (nSPS) is 19.6. The van der Waals surface area contributed by atoms with Crippen LogP contribution >= 0.6 is 0 Å². The Kier molecular flexibility index (Phi) is 3.39. The lowest BCUT2D eigenvalue weighted by molar-refractivity contribution is -0.121. The van der Waals surface area contributed by atoms with Crippen molar-refractivity contribution >= 4 is 11.9 Å². The fraction of sp³-hybridized carbons (Fsp3) is 0.333. The Bertz CT molecular complexity index is 419. The molecule has 1 aromatic rings. The van der Waals surface area contributed by atoms with Gasteiger partial charge in [-0.25, -0.2) is 4.79 Å². The smallest absolute Gasteiger partial charge is 0.324 e. The summed E-state index contributed by atoms with van der Waals surface area (Å²) in [6.07, 6.45) is 0.526. The summed E-state index contributed by atoms with van der Waals surface area (Å²) in [5.41, 5.74) is 6.47. The summed E-state index contributed by atoms with van der Waals surface area (Å²) >= 11 is 0. The van der Waals surface area contributed by atoms with E-state index in [4.69, 9.17) is 5.73 Å². The maximum absolute atomic E-state index is 11.7. The third kappa shape index (κ3) is 2.45. The van der Waals surface area contributed by atoms with Crippen molar-refractivity contribution in [1.82, 2.24) is 10.2 Å². The number of nitrogens with zero attached hydrogens (tertiary/aromatic N) is 1. The van der Waals surface area contributed by atoms with Crippen LogP contribution in [0.5, 0.6) is 0 Å². The van der Waals surface area contributed by atoms with Gasteiger partial charge < -0.3 is 10.6 Å². The van der Waals surface area contributed by atoms with Crippen LogP contribution in [0.4, 0.5) is 4.79 Å². The molecule has 5 heteroatoms. The highest BCUT2D eigenvalue weighted by Crippen LogP contribution is 2.13. The number of nitrogens with two attached hydrogens (primary N) is 1. The Hall–Kier alpha value is -1.88. The average Bonchev–Trinajstić information content (AvgIpc) is 2.58. The van der Waals surface area contributed by atoms with Gasteiger partial charge >= 0.3 is 6.03 Å². The predicted octanol–water partition coefficient (Wildman–Crippen LogP) is 0.108. The molecule has 0 aromatic heterocycles. The van der Waals surface area contributed by atoms with E-state index in [9.17, 15) is 9.59 Å². The van der Waals surface area contributed by atoms with Gasteiger partial charge in [0.15, 0.2) is 0 Å². The topological polar surface area (TPSA) is 75.4 Å². The van der Waals surface area contributed by atoms with Crippen LogP contribution in [0.3, 0.4) is 0 Å². The number of imide groups is 1. The molecule has 5 nitrogen and oxygen atoms in total. The molecule has 90 valence electrons. The van der Waals surface area contributed by atoms with Crippen molar-refractivity contribution in [1.29, 1.82) is 0 Å². The molecule has 17 heavy (non-hydrogen) atoms. The van der Waals surface area contributed by atoms with E-state index < -0.39 is 6.04 Å². The van der Waals surface area contributed by atoms with Gasteiger partial charge in [0.2, 0.25) is 0 Å². The molecular formula is C12H15N3O2. The molecule has 1 atom stereocenters. The van der Waals surface area contributed by atoms with E-state index in [1.165, 1.54) is 4.90 Å². The fourth-order valence-electron chi connectivity index (χ4n) is 1.98. The molecule has 1 fully saturated rings. The van der Waals surface area contributed by atoms with E-state index in [0.717, 1.165) is 5.56 Å². The van der Waals surface area contributed by atoms with Gasteiger partial charge in [0.1, 0.15) is 6.04 Å². The van der Waals surface area contributed by atoms with Gasteiger partial charge in [-0.3, -0.25) is 10.1 Å². The second-order valence-electron chi connectivity index (χ2n) is 3.98. The lowest BCUT2D eigenvalue weighted by atomic mass is 10.1. The van der Waals surface area contributed by atoms with Crippen molar-refractivity contribution in [2.75, 3.05) is 13.1 Å². The molecule has 0 spiro atoms. The molecule has 1 aliphatic rings. The van der Waals surface area contributed by atoms with Crippen molar-refractivity contribution in [3.63, 3.8) is 0 Å². The molecule has 3 amide bonds. The number of benzene rings is 1. The van der Waals surface area contributed by atoms with E-state index in [1.54, 1.807) is 0 Å².